The number of non-ortho nitro benzene ring substituents is 1. The fraction of sp³-hybridized carbons (Fsp3) is 0.200. The van der Waals surface area contributed by atoms with Gasteiger partial charge in [-0.05, 0) is 79.3 Å². The molecule has 0 atom stereocenters. The SMILES string of the molecule is COc1cc(C=c2[nH]c(=O)c(=Cc3ccc(SCCN(C)C)cc3)[nH]c2=O)ccc1OCc1ccc([N+](=O)[O-])cc1. The Balaban J connectivity index is 1.50. The normalized spacial score (nSPS) is 12.1. The smallest absolute Gasteiger partial charge is 0.272 e. The van der Waals surface area contributed by atoms with Crippen molar-refractivity contribution in [3.05, 3.63) is 125 Å². The minimum absolute atomic E-state index is 0.00432. The van der Waals surface area contributed by atoms with Crippen LogP contribution in [0.4, 0.5) is 5.69 Å². The molecule has 2 N–H and O–H groups in total. The molecule has 0 unspecified atom stereocenters. The Morgan fingerprint density at radius 2 is 1.49 bits per heavy atom. The number of H-pyrrole nitrogens is 2. The van der Waals surface area contributed by atoms with E-state index in [1.165, 1.54) is 19.2 Å². The van der Waals surface area contributed by atoms with Gasteiger partial charge >= 0.3 is 0 Å². The van der Waals surface area contributed by atoms with Crippen molar-refractivity contribution >= 4 is 29.6 Å². The first kappa shape index (κ1) is 29.4. The Kier molecular flexibility index (Phi) is 9.77. The van der Waals surface area contributed by atoms with E-state index in [-0.39, 0.29) is 23.0 Å². The summed E-state index contributed by atoms with van der Waals surface area (Å²) in [6.45, 7) is 1.16. The number of thioether (sulfide) groups is 1. The standard InChI is InChI=1S/C30H30N4O6S/c1-33(2)14-15-41-24-11-6-20(7-12-24)16-25-29(35)32-26(30(36)31-25)17-22-8-13-27(28(18-22)39-3)40-19-21-4-9-23(10-5-21)34(37)38/h4-13,16-18H,14-15,19H2,1-3H3,(H,31,36)(H,32,35). The zero-order chi connectivity index (χ0) is 29.4. The first-order chi connectivity index (χ1) is 19.7. The average Bonchev–Trinajstić information content (AvgIpc) is 2.95. The van der Waals surface area contributed by atoms with E-state index in [0.717, 1.165) is 28.3 Å². The van der Waals surface area contributed by atoms with Crippen LogP contribution in [0.3, 0.4) is 0 Å². The molecule has 0 saturated carbocycles. The molecule has 4 rings (SSSR count). The fourth-order valence-electron chi connectivity index (χ4n) is 3.80. The first-order valence-corrected chi connectivity index (χ1v) is 13.7. The summed E-state index contributed by atoms with van der Waals surface area (Å²) in [6, 6.07) is 19.0. The minimum Gasteiger partial charge on any atom is -0.493 e. The maximum absolute atomic E-state index is 12.8. The number of aromatic amines is 2. The van der Waals surface area contributed by atoms with Gasteiger partial charge in [0.1, 0.15) is 17.3 Å². The molecular weight excluding hydrogens is 544 g/mol. The maximum Gasteiger partial charge on any atom is 0.272 e. The van der Waals surface area contributed by atoms with Gasteiger partial charge in [-0.3, -0.25) is 19.7 Å². The Morgan fingerprint density at radius 1 is 0.878 bits per heavy atom. The van der Waals surface area contributed by atoms with Crippen LogP contribution in [0.5, 0.6) is 11.5 Å². The van der Waals surface area contributed by atoms with Crippen molar-refractivity contribution in [3.8, 4) is 11.5 Å². The van der Waals surface area contributed by atoms with Crippen molar-refractivity contribution in [2.75, 3.05) is 33.5 Å². The van der Waals surface area contributed by atoms with Crippen LogP contribution < -0.4 is 31.3 Å². The lowest BCUT2D eigenvalue weighted by molar-refractivity contribution is -0.384. The number of nitro benzene ring substituents is 1. The largest absolute Gasteiger partial charge is 0.493 e. The summed E-state index contributed by atoms with van der Waals surface area (Å²) < 4.78 is 11.3. The number of nitrogens with one attached hydrogen (secondary N) is 2. The molecule has 11 heteroatoms. The number of methoxy groups -OCH3 is 1. The summed E-state index contributed by atoms with van der Waals surface area (Å²) in [5, 5.41) is 11.1. The Morgan fingerprint density at radius 3 is 2.07 bits per heavy atom. The molecule has 0 aliphatic rings. The van der Waals surface area contributed by atoms with Gasteiger partial charge in [0.05, 0.1) is 12.0 Å². The van der Waals surface area contributed by atoms with Crippen LogP contribution >= 0.6 is 11.8 Å². The molecule has 1 aromatic heterocycles. The molecule has 0 aliphatic heterocycles. The lowest BCUT2D eigenvalue weighted by Gasteiger charge is -2.11. The highest BCUT2D eigenvalue weighted by Gasteiger charge is 2.08. The number of benzene rings is 3. The van der Waals surface area contributed by atoms with E-state index in [1.54, 1.807) is 54.2 Å². The van der Waals surface area contributed by atoms with Gasteiger partial charge in [-0.2, -0.15) is 0 Å². The van der Waals surface area contributed by atoms with Gasteiger partial charge in [0.2, 0.25) is 0 Å². The topological polar surface area (TPSA) is 131 Å². The fourth-order valence-corrected chi connectivity index (χ4v) is 4.82. The molecule has 0 radical (unpaired) electrons. The van der Waals surface area contributed by atoms with Crippen LogP contribution in [0.2, 0.25) is 0 Å². The zero-order valence-electron chi connectivity index (χ0n) is 22.9. The molecule has 4 aromatic rings. The third-order valence-electron chi connectivity index (χ3n) is 6.02. The molecule has 0 fully saturated rings. The summed E-state index contributed by atoms with van der Waals surface area (Å²) in [4.78, 5) is 44.5. The van der Waals surface area contributed by atoms with Crippen LogP contribution in [0.1, 0.15) is 16.7 Å². The maximum atomic E-state index is 12.8. The van der Waals surface area contributed by atoms with Gasteiger partial charge < -0.3 is 24.3 Å². The Labute approximate surface area is 240 Å². The van der Waals surface area contributed by atoms with Crippen molar-refractivity contribution in [1.82, 2.24) is 14.9 Å². The summed E-state index contributed by atoms with van der Waals surface area (Å²) >= 11 is 1.76. The Hall–Kier alpha value is -4.61. The van der Waals surface area contributed by atoms with E-state index in [9.17, 15) is 19.7 Å². The van der Waals surface area contributed by atoms with E-state index in [0.29, 0.717) is 17.1 Å². The minimum atomic E-state index is -0.459. The predicted octanol–water partition coefficient (Wildman–Crippen LogP) is 2.87. The van der Waals surface area contributed by atoms with Crippen LogP contribution in [0.15, 0.2) is 81.2 Å². The highest BCUT2D eigenvalue weighted by molar-refractivity contribution is 7.99. The number of nitrogens with zero attached hydrogens (tertiary/aromatic N) is 2. The second-order valence-corrected chi connectivity index (χ2v) is 10.5. The summed E-state index contributed by atoms with van der Waals surface area (Å²) in [5.41, 5.74) is 1.31. The van der Waals surface area contributed by atoms with Crippen LogP contribution in [-0.2, 0) is 6.61 Å². The van der Waals surface area contributed by atoms with Crippen LogP contribution in [0, 0.1) is 10.1 Å². The first-order valence-electron chi connectivity index (χ1n) is 12.7. The van der Waals surface area contributed by atoms with Gasteiger partial charge in [-0.1, -0.05) is 18.2 Å². The number of ether oxygens (including phenoxy) is 2. The number of rotatable bonds is 11. The summed E-state index contributed by atoms with van der Waals surface area (Å²) in [6.07, 6.45) is 3.19. The quantitative estimate of drug-likeness (QED) is 0.159. The van der Waals surface area contributed by atoms with Gasteiger partial charge in [0.25, 0.3) is 16.8 Å². The molecule has 0 aliphatic carbocycles. The predicted molar refractivity (Wildman–Crippen MR) is 160 cm³/mol. The average molecular weight is 575 g/mol. The van der Waals surface area contributed by atoms with Gasteiger partial charge in [-0.25, -0.2) is 0 Å². The van der Waals surface area contributed by atoms with E-state index >= 15 is 0 Å². The molecular formula is C30H30N4O6S. The molecule has 0 bridgehead atoms. The van der Waals surface area contributed by atoms with Crippen LogP contribution in [0.25, 0.3) is 12.2 Å². The van der Waals surface area contributed by atoms with Crippen molar-refractivity contribution in [3.63, 3.8) is 0 Å². The highest BCUT2D eigenvalue weighted by Crippen LogP contribution is 2.29. The number of hydrogen-bond acceptors (Lipinski definition) is 8. The van der Waals surface area contributed by atoms with Crippen molar-refractivity contribution < 1.29 is 14.4 Å². The molecule has 41 heavy (non-hydrogen) atoms. The molecule has 3 aromatic carbocycles. The van der Waals surface area contributed by atoms with Crippen molar-refractivity contribution in [2.45, 2.75) is 11.5 Å². The van der Waals surface area contributed by atoms with E-state index < -0.39 is 16.0 Å². The molecule has 1 heterocycles. The lowest BCUT2D eigenvalue weighted by atomic mass is 10.2. The van der Waals surface area contributed by atoms with Gasteiger partial charge in [-0.15, -0.1) is 11.8 Å². The van der Waals surface area contributed by atoms with Gasteiger partial charge in [0, 0.05) is 29.3 Å². The van der Waals surface area contributed by atoms with Crippen molar-refractivity contribution in [2.24, 2.45) is 0 Å². The molecule has 0 spiro atoms. The summed E-state index contributed by atoms with van der Waals surface area (Å²) in [7, 11) is 5.57. The highest BCUT2D eigenvalue weighted by atomic mass is 32.2. The molecule has 10 nitrogen and oxygen atoms in total. The van der Waals surface area contributed by atoms with E-state index in [1.807, 2.05) is 38.4 Å². The van der Waals surface area contributed by atoms with E-state index in [2.05, 4.69) is 14.9 Å². The molecule has 0 saturated heterocycles. The second kappa shape index (κ2) is 13.6. The third kappa shape index (κ3) is 8.19. The van der Waals surface area contributed by atoms with Gasteiger partial charge in [0.15, 0.2) is 11.5 Å². The molecule has 212 valence electrons. The van der Waals surface area contributed by atoms with E-state index in [4.69, 9.17) is 9.47 Å². The van der Waals surface area contributed by atoms with Crippen molar-refractivity contribution in [1.29, 1.82) is 0 Å². The second-order valence-electron chi connectivity index (χ2n) is 9.37. The Bertz CT molecular complexity index is 1750. The lowest BCUT2D eigenvalue weighted by Crippen LogP contribution is -2.46. The number of aromatic nitrogens is 2. The van der Waals surface area contributed by atoms with Crippen LogP contribution in [-0.4, -0.2) is 53.3 Å². The third-order valence-corrected chi connectivity index (χ3v) is 7.02. The number of nitro groups is 1. The zero-order valence-corrected chi connectivity index (χ0v) is 23.7. The monoisotopic (exact) mass is 574 g/mol. The molecule has 0 amide bonds. The summed E-state index contributed by atoms with van der Waals surface area (Å²) in [5.74, 6) is 1.86. The number of hydrogen-bond donors (Lipinski definition) is 2.